The Morgan fingerprint density at radius 3 is 0.756 bits per heavy atom. The molecule has 17 nitrogen and oxygen atoms in total. The Morgan fingerprint density at radius 1 is 0.300 bits per heavy atom. The molecule has 0 aliphatic rings. The SMILES string of the molecule is CCCCCCCCCCCCCCCCC(=O)OC[C@H](COP(=O)(O)OC[C@@H](O)COP(=O)(O)OC[C@@H](COC(=O)CCCCCCCCC(C)C)OC(=O)CCCCCCCCCCCCCCC)OC(=O)CCCCCCCCCCCCCCCC. The Hall–Kier alpha value is -1.94. The van der Waals surface area contributed by atoms with Crippen molar-refractivity contribution in [2.24, 2.45) is 5.92 Å². The Kier molecular flexibility index (Phi) is 63.0. The lowest BCUT2D eigenvalue weighted by Crippen LogP contribution is -2.30. The number of phosphoric ester groups is 2. The van der Waals surface area contributed by atoms with Gasteiger partial charge in [0.25, 0.3) is 0 Å². The molecule has 534 valence electrons. The number of unbranched alkanes of at least 4 members (excludes halogenated alkanes) is 43. The summed E-state index contributed by atoms with van der Waals surface area (Å²) in [6, 6.07) is 0. The highest BCUT2D eigenvalue weighted by Gasteiger charge is 2.30. The molecule has 0 aliphatic carbocycles. The van der Waals surface area contributed by atoms with Crippen LogP contribution in [0.4, 0.5) is 0 Å². The van der Waals surface area contributed by atoms with Crippen LogP contribution in [0.25, 0.3) is 0 Å². The molecule has 0 radical (unpaired) electrons. The maximum absolute atomic E-state index is 13.0. The predicted octanol–water partition coefficient (Wildman–Crippen LogP) is 20.5. The van der Waals surface area contributed by atoms with Crippen molar-refractivity contribution in [3.63, 3.8) is 0 Å². The van der Waals surface area contributed by atoms with E-state index < -0.39 is 97.5 Å². The van der Waals surface area contributed by atoms with E-state index in [1.165, 1.54) is 186 Å². The summed E-state index contributed by atoms with van der Waals surface area (Å²) in [5.41, 5.74) is 0. The van der Waals surface area contributed by atoms with Crippen molar-refractivity contribution >= 4 is 39.5 Å². The number of hydrogen-bond donors (Lipinski definition) is 3. The molecule has 90 heavy (non-hydrogen) atoms. The molecular weight excluding hydrogens is 1190 g/mol. The number of ether oxygens (including phenoxy) is 4. The zero-order chi connectivity index (χ0) is 66.3. The van der Waals surface area contributed by atoms with Gasteiger partial charge in [-0.15, -0.1) is 0 Å². The lowest BCUT2D eigenvalue weighted by molar-refractivity contribution is -0.161. The molecule has 0 spiro atoms. The molecule has 0 aliphatic heterocycles. The summed E-state index contributed by atoms with van der Waals surface area (Å²) in [4.78, 5) is 72.6. The van der Waals surface area contributed by atoms with Crippen LogP contribution in [0, 0.1) is 5.92 Å². The van der Waals surface area contributed by atoms with Gasteiger partial charge in [0.15, 0.2) is 12.2 Å². The first-order valence-corrected chi connectivity index (χ1v) is 40.1. The summed E-state index contributed by atoms with van der Waals surface area (Å²) in [6.45, 7) is 7.18. The van der Waals surface area contributed by atoms with Crippen molar-refractivity contribution in [2.45, 2.75) is 387 Å². The fourth-order valence-corrected chi connectivity index (χ4v) is 12.4. The molecule has 0 heterocycles. The standard InChI is InChI=1S/C71H138O17P2/c1-6-9-12-15-18-21-24-27-30-32-35-38-44-49-54-68(73)81-60-66(87-70(75)57-52-47-40-37-34-31-28-25-22-19-16-13-10-7-2)62-85-89(77,78)83-58-65(72)59-84-90(79,80)86-63-67(61-82-69(74)55-50-45-42-41-43-48-53-64(4)5)88-71(76)56-51-46-39-36-33-29-26-23-20-17-14-11-8-3/h64-67,72H,6-63H2,1-5H3,(H,77,78)(H,79,80)/t65-,66-,67-/m1/s1. The zero-order valence-electron chi connectivity index (χ0n) is 58.3. The third-order valence-corrected chi connectivity index (χ3v) is 18.4. The molecule has 0 rings (SSSR count). The smallest absolute Gasteiger partial charge is 0.462 e. The van der Waals surface area contributed by atoms with Gasteiger partial charge in [-0.1, -0.05) is 317 Å². The van der Waals surface area contributed by atoms with E-state index in [0.717, 1.165) is 96.3 Å². The van der Waals surface area contributed by atoms with E-state index in [-0.39, 0.29) is 25.7 Å². The van der Waals surface area contributed by atoms with Crippen molar-refractivity contribution in [1.82, 2.24) is 0 Å². The second-order valence-corrected chi connectivity index (χ2v) is 29.0. The summed E-state index contributed by atoms with van der Waals surface area (Å²) in [7, 11) is -9.90. The van der Waals surface area contributed by atoms with Crippen LogP contribution >= 0.6 is 15.6 Å². The molecule has 19 heteroatoms. The lowest BCUT2D eigenvalue weighted by Gasteiger charge is -2.21. The Morgan fingerprint density at radius 2 is 0.511 bits per heavy atom. The summed E-state index contributed by atoms with van der Waals surface area (Å²) in [5, 5.41) is 10.6. The average Bonchev–Trinajstić information content (AvgIpc) is 3.05. The monoisotopic (exact) mass is 1320 g/mol. The first kappa shape index (κ1) is 88.1. The number of aliphatic hydroxyl groups excluding tert-OH is 1. The van der Waals surface area contributed by atoms with Gasteiger partial charge in [-0.3, -0.25) is 37.3 Å². The van der Waals surface area contributed by atoms with Crippen LogP contribution in [-0.2, 0) is 65.4 Å². The third kappa shape index (κ3) is 64.8. The minimum atomic E-state index is -4.95. The maximum atomic E-state index is 13.0. The van der Waals surface area contributed by atoms with Gasteiger partial charge in [0.05, 0.1) is 26.4 Å². The average molecular weight is 1330 g/mol. The summed E-state index contributed by atoms with van der Waals surface area (Å²) < 4.78 is 68.3. The molecule has 0 saturated heterocycles. The van der Waals surface area contributed by atoms with Crippen LogP contribution in [0.15, 0.2) is 0 Å². The molecule has 0 saturated carbocycles. The quantitative estimate of drug-likeness (QED) is 0.0222. The highest BCUT2D eigenvalue weighted by molar-refractivity contribution is 7.47. The molecule has 2 unspecified atom stereocenters. The highest BCUT2D eigenvalue weighted by Crippen LogP contribution is 2.45. The van der Waals surface area contributed by atoms with Gasteiger partial charge in [-0.2, -0.15) is 0 Å². The number of hydrogen-bond acceptors (Lipinski definition) is 15. The van der Waals surface area contributed by atoms with E-state index in [0.29, 0.717) is 31.6 Å². The number of rotatable bonds is 71. The van der Waals surface area contributed by atoms with Gasteiger partial charge >= 0.3 is 39.5 Å². The van der Waals surface area contributed by atoms with Crippen LogP contribution in [0.3, 0.4) is 0 Å². The minimum Gasteiger partial charge on any atom is -0.462 e. The largest absolute Gasteiger partial charge is 0.472 e. The number of carbonyl (C=O) groups excluding carboxylic acids is 4. The minimum absolute atomic E-state index is 0.107. The Labute approximate surface area is 549 Å². The summed E-state index contributed by atoms with van der Waals surface area (Å²) in [5.74, 6) is -1.44. The van der Waals surface area contributed by atoms with Gasteiger partial charge in [0.1, 0.15) is 19.3 Å². The predicted molar refractivity (Wildman–Crippen MR) is 363 cm³/mol. The number of aliphatic hydroxyl groups is 1. The molecule has 5 atom stereocenters. The molecule has 0 fully saturated rings. The Balaban J connectivity index is 5.24. The van der Waals surface area contributed by atoms with Crippen molar-refractivity contribution in [1.29, 1.82) is 0 Å². The molecule has 0 aromatic heterocycles. The molecule has 0 bridgehead atoms. The second kappa shape index (κ2) is 64.4. The van der Waals surface area contributed by atoms with Crippen LogP contribution in [-0.4, -0.2) is 96.7 Å². The van der Waals surface area contributed by atoms with E-state index in [4.69, 9.17) is 37.0 Å². The van der Waals surface area contributed by atoms with Crippen molar-refractivity contribution < 1.29 is 80.2 Å². The van der Waals surface area contributed by atoms with Gasteiger partial charge < -0.3 is 33.8 Å². The maximum Gasteiger partial charge on any atom is 0.472 e. The van der Waals surface area contributed by atoms with Gasteiger partial charge in [-0.25, -0.2) is 9.13 Å². The van der Waals surface area contributed by atoms with E-state index in [2.05, 4.69) is 34.6 Å². The first-order chi connectivity index (χ1) is 43.5. The second-order valence-electron chi connectivity index (χ2n) is 26.1. The van der Waals surface area contributed by atoms with Crippen LogP contribution in [0.2, 0.25) is 0 Å². The van der Waals surface area contributed by atoms with E-state index >= 15 is 0 Å². The molecule has 3 N–H and O–H groups in total. The number of carbonyl (C=O) groups is 4. The van der Waals surface area contributed by atoms with E-state index in [1.54, 1.807) is 0 Å². The van der Waals surface area contributed by atoms with E-state index in [1.807, 2.05) is 0 Å². The molecular formula is C71H138O17P2. The fourth-order valence-electron chi connectivity index (χ4n) is 10.8. The fraction of sp³-hybridized carbons (Fsp3) is 0.944. The normalized spacial score (nSPS) is 14.1. The molecule has 0 amide bonds. The van der Waals surface area contributed by atoms with E-state index in [9.17, 15) is 43.2 Å². The van der Waals surface area contributed by atoms with Gasteiger partial charge in [-0.05, 0) is 31.6 Å². The first-order valence-electron chi connectivity index (χ1n) is 37.1. The van der Waals surface area contributed by atoms with Gasteiger partial charge in [0, 0.05) is 25.7 Å². The van der Waals surface area contributed by atoms with Crippen LogP contribution in [0.5, 0.6) is 0 Å². The topological polar surface area (TPSA) is 237 Å². The Bertz CT molecular complexity index is 1740. The highest BCUT2D eigenvalue weighted by atomic mass is 31.2. The summed E-state index contributed by atoms with van der Waals surface area (Å²) >= 11 is 0. The molecule has 0 aromatic carbocycles. The lowest BCUT2D eigenvalue weighted by atomic mass is 10.0. The third-order valence-electron chi connectivity index (χ3n) is 16.5. The zero-order valence-corrected chi connectivity index (χ0v) is 60.1. The number of phosphoric acid groups is 2. The van der Waals surface area contributed by atoms with Crippen LogP contribution in [0.1, 0.15) is 369 Å². The van der Waals surface area contributed by atoms with Crippen molar-refractivity contribution in [3.05, 3.63) is 0 Å². The van der Waals surface area contributed by atoms with Gasteiger partial charge in [0.2, 0.25) is 0 Å². The summed E-state index contributed by atoms with van der Waals surface area (Å²) in [6.07, 6.45) is 51.3. The number of esters is 4. The molecule has 0 aromatic rings. The van der Waals surface area contributed by atoms with Crippen molar-refractivity contribution in [3.8, 4) is 0 Å². The van der Waals surface area contributed by atoms with Crippen molar-refractivity contribution in [2.75, 3.05) is 39.6 Å². The van der Waals surface area contributed by atoms with Crippen LogP contribution < -0.4 is 0 Å².